The molecule has 0 saturated carbocycles. The lowest BCUT2D eigenvalue weighted by Crippen LogP contribution is -2.25. The topological polar surface area (TPSA) is 43.4 Å². The van der Waals surface area contributed by atoms with Gasteiger partial charge in [0, 0.05) is 0 Å². The molecule has 3 nitrogen and oxygen atoms in total. The number of rotatable bonds is 0. The summed E-state index contributed by atoms with van der Waals surface area (Å²) in [6.45, 7) is 3.45. The van der Waals surface area contributed by atoms with Gasteiger partial charge in [0.25, 0.3) is 0 Å². The fraction of sp³-hybridized carbons (Fsp3) is 0.167. The molecule has 0 radical (unpaired) electrons. The first-order valence-electron chi connectivity index (χ1n) is 4.64. The lowest BCUT2D eigenvalue weighted by atomic mass is 9.97. The minimum Gasteiger partial charge on any atom is -0.422 e. The van der Waals surface area contributed by atoms with Crippen LogP contribution in [0.2, 0.25) is 0 Å². The van der Waals surface area contributed by atoms with E-state index in [1.54, 1.807) is 38.1 Å². The zero-order chi connectivity index (χ0) is 11.0. The number of esters is 1. The Morgan fingerprint density at radius 2 is 1.80 bits per heavy atom. The van der Waals surface area contributed by atoms with Crippen LogP contribution in [-0.4, -0.2) is 11.8 Å². The monoisotopic (exact) mass is 202 g/mol. The van der Waals surface area contributed by atoms with Gasteiger partial charge in [0.2, 0.25) is 5.78 Å². The van der Waals surface area contributed by atoms with Crippen LogP contribution >= 0.6 is 0 Å². The van der Waals surface area contributed by atoms with Gasteiger partial charge < -0.3 is 4.74 Å². The molecule has 15 heavy (non-hydrogen) atoms. The second kappa shape index (κ2) is 3.35. The molecule has 0 aliphatic carbocycles. The third-order valence-corrected chi connectivity index (χ3v) is 2.27. The maximum Gasteiger partial charge on any atom is 0.347 e. The van der Waals surface area contributed by atoms with Gasteiger partial charge in [-0.2, -0.15) is 0 Å². The molecule has 0 N–H and O–H groups in total. The van der Waals surface area contributed by atoms with Crippen molar-refractivity contribution in [3.63, 3.8) is 0 Å². The molecule has 1 aromatic rings. The molecule has 1 aliphatic rings. The Morgan fingerprint density at radius 3 is 2.47 bits per heavy atom. The summed E-state index contributed by atoms with van der Waals surface area (Å²) < 4.78 is 5.06. The number of benzene rings is 1. The molecule has 0 saturated heterocycles. The van der Waals surface area contributed by atoms with E-state index in [9.17, 15) is 9.59 Å². The highest BCUT2D eigenvalue weighted by Gasteiger charge is 2.30. The van der Waals surface area contributed by atoms with Gasteiger partial charge in [0.1, 0.15) is 11.3 Å². The van der Waals surface area contributed by atoms with Gasteiger partial charge in [0.15, 0.2) is 0 Å². The van der Waals surface area contributed by atoms with Crippen molar-refractivity contribution >= 4 is 11.8 Å². The van der Waals surface area contributed by atoms with E-state index in [2.05, 4.69) is 0 Å². The summed E-state index contributed by atoms with van der Waals surface area (Å²) >= 11 is 0. The number of fused-ring (bicyclic) bond motifs is 1. The second-order valence-electron chi connectivity index (χ2n) is 3.59. The average molecular weight is 202 g/mol. The van der Waals surface area contributed by atoms with Gasteiger partial charge in [-0.3, -0.25) is 4.79 Å². The van der Waals surface area contributed by atoms with Crippen molar-refractivity contribution in [2.75, 3.05) is 0 Å². The van der Waals surface area contributed by atoms with Gasteiger partial charge in [-0.15, -0.1) is 0 Å². The van der Waals surface area contributed by atoms with Gasteiger partial charge in [0.05, 0.1) is 5.56 Å². The quantitative estimate of drug-likeness (QED) is 0.280. The van der Waals surface area contributed by atoms with E-state index < -0.39 is 5.97 Å². The lowest BCUT2D eigenvalue weighted by Gasteiger charge is -2.17. The molecule has 2 rings (SSSR count). The van der Waals surface area contributed by atoms with Crippen LogP contribution in [-0.2, 0) is 4.79 Å². The van der Waals surface area contributed by atoms with E-state index in [0.717, 1.165) is 0 Å². The molecule has 0 bridgehead atoms. The maximum absolute atomic E-state index is 11.9. The van der Waals surface area contributed by atoms with Crippen LogP contribution in [0.15, 0.2) is 35.4 Å². The van der Waals surface area contributed by atoms with Gasteiger partial charge >= 0.3 is 5.97 Å². The molecule has 0 spiro atoms. The zero-order valence-corrected chi connectivity index (χ0v) is 8.53. The molecule has 76 valence electrons. The third-order valence-electron chi connectivity index (χ3n) is 2.27. The zero-order valence-electron chi connectivity index (χ0n) is 8.53. The average Bonchev–Trinajstić information content (AvgIpc) is 2.17. The van der Waals surface area contributed by atoms with E-state index in [-0.39, 0.29) is 11.4 Å². The summed E-state index contributed by atoms with van der Waals surface area (Å²) in [6.07, 6.45) is 0. The number of carbonyl (C=O) groups excluding carboxylic acids is 2. The Labute approximate surface area is 87.4 Å². The smallest absolute Gasteiger partial charge is 0.347 e. The van der Waals surface area contributed by atoms with Crippen LogP contribution in [0.1, 0.15) is 24.2 Å². The fourth-order valence-electron chi connectivity index (χ4n) is 1.55. The number of hydrogen-bond acceptors (Lipinski definition) is 3. The molecule has 3 heteroatoms. The van der Waals surface area contributed by atoms with E-state index in [4.69, 9.17) is 4.74 Å². The largest absolute Gasteiger partial charge is 0.422 e. The van der Waals surface area contributed by atoms with E-state index in [1.807, 2.05) is 0 Å². The van der Waals surface area contributed by atoms with Crippen molar-refractivity contribution in [3.8, 4) is 5.75 Å². The molecule has 0 fully saturated rings. The molecule has 0 unspecified atom stereocenters. The number of allylic oxidation sites excluding steroid dienone is 1. The van der Waals surface area contributed by atoms with E-state index in [1.165, 1.54) is 0 Å². The Hall–Kier alpha value is -1.90. The van der Waals surface area contributed by atoms with Crippen LogP contribution in [0.25, 0.3) is 0 Å². The number of Topliss-reactive ketones (excluding diaryl/α,β-unsaturated/α-hetero) is 1. The summed E-state index contributed by atoms with van der Waals surface area (Å²) in [5.74, 6) is -0.460. The Kier molecular flexibility index (Phi) is 2.15. The van der Waals surface area contributed by atoms with E-state index >= 15 is 0 Å². The van der Waals surface area contributed by atoms with Crippen molar-refractivity contribution in [1.82, 2.24) is 0 Å². The Morgan fingerprint density at radius 1 is 1.13 bits per heavy atom. The normalized spacial score (nSPS) is 14.7. The SMILES string of the molecule is CC(C)=C1C(=O)Oc2ccccc2C1=O. The molecular weight excluding hydrogens is 192 g/mol. The van der Waals surface area contributed by atoms with Gasteiger partial charge in [-0.05, 0) is 26.0 Å². The minimum atomic E-state index is -0.557. The molecule has 1 heterocycles. The standard InChI is InChI=1S/C12H10O3/c1-7(2)10-11(13)8-5-3-4-6-9(8)15-12(10)14/h3-6H,1-2H3. The summed E-state index contributed by atoms with van der Waals surface area (Å²) in [7, 11) is 0. The molecule has 1 aromatic carbocycles. The molecule has 0 aromatic heterocycles. The highest BCUT2D eigenvalue weighted by Crippen LogP contribution is 2.28. The predicted octanol–water partition coefficient (Wildman–Crippen LogP) is 2.12. The first-order chi connectivity index (χ1) is 7.11. The third kappa shape index (κ3) is 1.46. The first-order valence-corrected chi connectivity index (χ1v) is 4.64. The van der Waals surface area contributed by atoms with Gasteiger partial charge in [-0.25, -0.2) is 4.79 Å². The number of ether oxygens (including phenoxy) is 1. The van der Waals surface area contributed by atoms with E-state index in [0.29, 0.717) is 16.9 Å². The molecule has 0 atom stereocenters. The Bertz CT molecular complexity index is 479. The maximum atomic E-state index is 11.9. The van der Waals surface area contributed by atoms with Crippen molar-refractivity contribution in [2.24, 2.45) is 0 Å². The molecular formula is C12H10O3. The predicted molar refractivity (Wildman–Crippen MR) is 54.8 cm³/mol. The highest BCUT2D eigenvalue weighted by molar-refractivity contribution is 6.28. The lowest BCUT2D eigenvalue weighted by molar-refractivity contribution is -0.130. The highest BCUT2D eigenvalue weighted by atomic mass is 16.5. The molecule has 0 amide bonds. The van der Waals surface area contributed by atoms with Crippen molar-refractivity contribution in [2.45, 2.75) is 13.8 Å². The first kappa shape index (κ1) is 9.65. The Balaban J connectivity index is 2.63. The number of carbonyl (C=O) groups is 2. The van der Waals surface area contributed by atoms with Crippen molar-refractivity contribution < 1.29 is 14.3 Å². The van der Waals surface area contributed by atoms with Crippen LogP contribution < -0.4 is 4.74 Å². The summed E-state index contributed by atoms with van der Waals surface area (Å²) in [5.41, 5.74) is 1.28. The van der Waals surface area contributed by atoms with Crippen molar-refractivity contribution in [1.29, 1.82) is 0 Å². The number of hydrogen-bond donors (Lipinski definition) is 0. The number of ketones is 1. The van der Waals surface area contributed by atoms with Crippen LogP contribution in [0.4, 0.5) is 0 Å². The second-order valence-corrected chi connectivity index (χ2v) is 3.59. The van der Waals surface area contributed by atoms with Gasteiger partial charge in [-0.1, -0.05) is 17.7 Å². The summed E-state index contributed by atoms with van der Waals surface area (Å²) in [5, 5.41) is 0. The minimum absolute atomic E-state index is 0.147. The van der Waals surface area contributed by atoms with Crippen LogP contribution in [0.3, 0.4) is 0 Å². The summed E-state index contributed by atoms with van der Waals surface area (Å²) in [4.78, 5) is 23.4. The van der Waals surface area contributed by atoms with Crippen LogP contribution in [0.5, 0.6) is 5.75 Å². The number of para-hydroxylation sites is 1. The fourth-order valence-corrected chi connectivity index (χ4v) is 1.55. The van der Waals surface area contributed by atoms with Crippen molar-refractivity contribution in [3.05, 3.63) is 41.0 Å². The van der Waals surface area contributed by atoms with Crippen LogP contribution in [0, 0.1) is 0 Å². The molecule has 1 aliphatic heterocycles. The summed E-state index contributed by atoms with van der Waals surface area (Å²) in [6, 6.07) is 6.76.